The second-order valence-corrected chi connectivity index (χ2v) is 7.24. The number of hydrogen-bond acceptors (Lipinski definition) is 5. The first-order valence-corrected chi connectivity index (χ1v) is 9.47. The molecule has 0 radical (unpaired) electrons. The SMILES string of the molecule is N#Cc1cccc(-c2nc3[nH]ccc(=O)c3cc2-c2ccc3ncsc3c2)c1. The van der Waals surface area contributed by atoms with Crippen LogP contribution >= 0.6 is 11.3 Å². The summed E-state index contributed by atoms with van der Waals surface area (Å²) in [5.74, 6) is 0. The molecule has 3 aromatic heterocycles. The van der Waals surface area contributed by atoms with Gasteiger partial charge in [-0.05, 0) is 35.9 Å². The molecule has 0 aliphatic carbocycles. The molecule has 0 aliphatic heterocycles. The average molecular weight is 380 g/mol. The van der Waals surface area contributed by atoms with Crippen molar-refractivity contribution in [2.75, 3.05) is 0 Å². The summed E-state index contributed by atoms with van der Waals surface area (Å²) >= 11 is 1.57. The molecule has 0 saturated carbocycles. The first-order chi connectivity index (χ1) is 13.7. The van der Waals surface area contributed by atoms with Crippen LogP contribution in [0.4, 0.5) is 0 Å². The molecule has 132 valence electrons. The van der Waals surface area contributed by atoms with Crippen molar-refractivity contribution in [3.8, 4) is 28.5 Å². The fourth-order valence-corrected chi connectivity index (χ4v) is 4.01. The number of hydrogen-bond donors (Lipinski definition) is 1. The van der Waals surface area contributed by atoms with Gasteiger partial charge in [-0.15, -0.1) is 11.3 Å². The maximum absolute atomic E-state index is 12.4. The van der Waals surface area contributed by atoms with Crippen molar-refractivity contribution in [3.05, 3.63) is 82.1 Å². The fourth-order valence-electron chi connectivity index (χ4n) is 3.30. The van der Waals surface area contributed by atoms with Crippen LogP contribution in [0.3, 0.4) is 0 Å². The van der Waals surface area contributed by atoms with E-state index in [1.54, 1.807) is 23.6 Å². The minimum Gasteiger partial charge on any atom is -0.346 e. The number of aromatic amines is 1. The number of nitrogens with one attached hydrogen (secondary N) is 1. The van der Waals surface area contributed by atoms with E-state index >= 15 is 0 Å². The standard InChI is InChI=1S/C22H12N4OS/c23-11-13-2-1-3-15(8-13)21-16(10-17-19(27)6-7-24-22(17)26-21)14-4-5-18-20(9-14)28-12-25-18/h1-10,12H,(H,24,26,27). The van der Waals surface area contributed by atoms with Crippen LogP contribution in [0.5, 0.6) is 0 Å². The maximum atomic E-state index is 12.4. The second kappa shape index (κ2) is 6.41. The van der Waals surface area contributed by atoms with E-state index in [0.717, 1.165) is 32.6 Å². The Morgan fingerprint density at radius 2 is 1.96 bits per heavy atom. The summed E-state index contributed by atoms with van der Waals surface area (Å²) in [4.78, 5) is 24.5. The highest BCUT2D eigenvalue weighted by Crippen LogP contribution is 2.34. The Kier molecular flexibility index (Phi) is 3.75. The van der Waals surface area contributed by atoms with Crippen LogP contribution in [0.2, 0.25) is 0 Å². The summed E-state index contributed by atoms with van der Waals surface area (Å²) in [6, 6.07) is 18.9. The Balaban J connectivity index is 1.85. The van der Waals surface area contributed by atoms with Crippen molar-refractivity contribution in [1.82, 2.24) is 15.0 Å². The zero-order valence-corrected chi connectivity index (χ0v) is 15.3. The summed E-state index contributed by atoms with van der Waals surface area (Å²) in [6.07, 6.45) is 1.59. The van der Waals surface area contributed by atoms with Crippen LogP contribution in [0, 0.1) is 11.3 Å². The zero-order valence-electron chi connectivity index (χ0n) is 14.5. The first-order valence-electron chi connectivity index (χ1n) is 8.59. The minimum atomic E-state index is -0.0845. The molecule has 0 spiro atoms. The van der Waals surface area contributed by atoms with Gasteiger partial charge in [-0.25, -0.2) is 9.97 Å². The van der Waals surface area contributed by atoms with E-state index in [9.17, 15) is 10.1 Å². The summed E-state index contributed by atoms with van der Waals surface area (Å²) in [6.45, 7) is 0. The third kappa shape index (κ3) is 2.66. The van der Waals surface area contributed by atoms with Gasteiger partial charge in [-0.2, -0.15) is 5.26 Å². The van der Waals surface area contributed by atoms with Crippen LogP contribution in [0.1, 0.15) is 5.56 Å². The van der Waals surface area contributed by atoms with Gasteiger partial charge in [0.2, 0.25) is 0 Å². The van der Waals surface area contributed by atoms with E-state index in [2.05, 4.69) is 22.1 Å². The third-order valence-corrected chi connectivity index (χ3v) is 5.44. The lowest BCUT2D eigenvalue weighted by atomic mass is 9.97. The smallest absolute Gasteiger partial charge is 0.191 e. The van der Waals surface area contributed by atoms with E-state index < -0.39 is 0 Å². The molecule has 5 aromatic rings. The number of nitrogens with zero attached hydrogens (tertiary/aromatic N) is 3. The van der Waals surface area contributed by atoms with E-state index in [0.29, 0.717) is 16.6 Å². The molecule has 0 saturated heterocycles. The monoisotopic (exact) mass is 380 g/mol. The van der Waals surface area contributed by atoms with Gasteiger partial charge in [0.05, 0.1) is 38.4 Å². The van der Waals surface area contributed by atoms with Crippen LogP contribution in [0.15, 0.2) is 71.1 Å². The van der Waals surface area contributed by atoms with Gasteiger partial charge in [-0.3, -0.25) is 4.79 Å². The summed E-state index contributed by atoms with van der Waals surface area (Å²) < 4.78 is 1.07. The third-order valence-electron chi connectivity index (χ3n) is 4.65. The van der Waals surface area contributed by atoms with E-state index in [1.807, 2.05) is 41.9 Å². The zero-order chi connectivity index (χ0) is 19.1. The number of rotatable bonds is 2. The summed E-state index contributed by atoms with van der Waals surface area (Å²) in [7, 11) is 0. The number of fused-ring (bicyclic) bond motifs is 2. The Labute approximate surface area is 163 Å². The van der Waals surface area contributed by atoms with Crippen molar-refractivity contribution in [2.45, 2.75) is 0 Å². The van der Waals surface area contributed by atoms with Crippen molar-refractivity contribution >= 4 is 32.6 Å². The molecular weight excluding hydrogens is 368 g/mol. The minimum absolute atomic E-state index is 0.0845. The van der Waals surface area contributed by atoms with Crippen molar-refractivity contribution < 1.29 is 0 Å². The van der Waals surface area contributed by atoms with Gasteiger partial charge < -0.3 is 4.98 Å². The number of thiazole rings is 1. The molecule has 0 atom stereocenters. The fraction of sp³-hybridized carbons (Fsp3) is 0. The predicted molar refractivity (Wildman–Crippen MR) is 111 cm³/mol. The molecule has 0 bridgehead atoms. The molecule has 1 N–H and O–H groups in total. The first kappa shape index (κ1) is 16.4. The van der Waals surface area contributed by atoms with E-state index in [-0.39, 0.29) is 5.43 Å². The number of nitriles is 1. The van der Waals surface area contributed by atoms with Crippen LogP contribution in [0.25, 0.3) is 43.6 Å². The lowest BCUT2D eigenvalue weighted by molar-refractivity contribution is 1.28. The van der Waals surface area contributed by atoms with Gasteiger partial charge in [0.25, 0.3) is 0 Å². The van der Waals surface area contributed by atoms with Crippen LogP contribution in [-0.4, -0.2) is 15.0 Å². The molecule has 0 amide bonds. The number of benzene rings is 2. The normalized spacial score (nSPS) is 11.0. The highest BCUT2D eigenvalue weighted by atomic mass is 32.1. The predicted octanol–water partition coefficient (Wildman–Crippen LogP) is 4.74. The molecule has 5 rings (SSSR count). The average Bonchev–Trinajstić information content (AvgIpc) is 3.21. The van der Waals surface area contributed by atoms with Gasteiger partial charge in [-0.1, -0.05) is 18.2 Å². The van der Waals surface area contributed by atoms with Gasteiger partial charge in [0.1, 0.15) is 5.65 Å². The van der Waals surface area contributed by atoms with Crippen LogP contribution in [-0.2, 0) is 0 Å². The van der Waals surface area contributed by atoms with Crippen molar-refractivity contribution in [1.29, 1.82) is 5.26 Å². The second-order valence-electron chi connectivity index (χ2n) is 6.35. The number of H-pyrrole nitrogens is 1. The van der Waals surface area contributed by atoms with E-state index in [1.165, 1.54) is 6.07 Å². The maximum Gasteiger partial charge on any atom is 0.191 e. The van der Waals surface area contributed by atoms with E-state index in [4.69, 9.17) is 4.98 Å². The molecule has 2 aromatic carbocycles. The molecule has 0 aliphatic rings. The van der Waals surface area contributed by atoms with Gasteiger partial charge in [0, 0.05) is 23.4 Å². The Hall–Kier alpha value is -3.82. The van der Waals surface area contributed by atoms with Crippen molar-refractivity contribution in [2.24, 2.45) is 0 Å². The molecule has 5 nitrogen and oxygen atoms in total. The lowest BCUT2D eigenvalue weighted by Crippen LogP contribution is -2.03. The Morgan fingerprint density at radius 1 is 1.04 bits per heavy atom. The molecule has 28 heavy (non-hydrogen) atoms. The van der Waals surface area contributed by atoms with Gasteiger partial charge >= 0.3 is 0 Å². The molecular formula is C22H12N4OS. The largest absolute Gasteiger partial charge is 0.346 e. The van der Waals surface area contributed by atoms with Crippen LogP contribution < -0.4 is 5.43 Å². The molecule has 3 heterocycles. The number of aromatic nitrogens is 3. The Bertz CT molecular complexity index is 1460. The highest BCUT2D eigenvalue weighted by Gasteiger charge is 2.14. The Morgan fingerprint density at radius 3 is 2.86 bits per heavy atom. The summed E-state index contributed by atoms with van der Waals surface area (Å²) in [5, 5.41) is 9.80. The highest BCUT2D eigenvalue weighted by molar-refractivity contribution is 7.16. The quantitative estimate of drug-likeness (QED) is 0.480. The lowest BCUT2D eigenvalue weighted by Gasteiger charge is -2.11. The summed E-state index contributed by atoms with van der Waals surface area (Å²) in [5.41, 5.74) is 7.08. The molecule has 0 unspecified atom stereocenters. The topological polar surface area (TPSA) is 82.4 Å². The molecule has 6 heteroatoms. The molecule has 0 fully saturated rings. The van der Waals surface area contributed by atoms with Gasteiger partial charge in [0.15, 0.2) is 5.43 Å². The number of pyridine rings is 2. The van der Waals surface area contributed by atoms with Crippen molar-refractivity contribution in [3.63, 3.8) is 0 Å².